The lowest BCUT2D eigenvalue weighted by atomic mass is 9.95. The molecule has 10 heteroatoms. The van der Waals surface area contributed by atoms with E-state index in [1.165, 1.54) is 25.3 Å². The van der Waals surface area contributed by atoms with Crippen molar-refractivity contribution in [1.82, 2.24) is 4.98 Å². The molecular weight excluding hydrogens is 428 g/mol. The molecule has 9 nitrogen and oxygen atoms in total. The Morgan fingerprint density at radius 2 is 1.77 bits per heavy atom. The number of methoxy groups -OCH3 is 1. The van der Waals surface area contributed by atoms with Gasteiger partial charge >= 0.3 is 11.9 Å². The van der Waals surface area contributed by atoms with Gasteiger partial charge < -0.3 is 30.4 Å². The number of rotatable bonds is 7. The largest absolute Gasteiger partial charge is 0.493 e. The van der Waals surface area contributed by atoms with Gasteiger partial charge in [0.2, 0.25) is 0 Å². The Hall–Kier alpha value is -3.98. The molecule has 0 unspecified atom stereocenters. The van der Waals surface area contributed by atoms with E-state index in [0.717, 1.165) is 5.56 Å². The molecule has 0 fully saturated rings. The average Bonchev–Trinajstić information content (AvgIpc) is 2.71. The minimum atomic E-state index is -1.60. The number of aromatic nitrogens is 1. The highest BCUT2D eigenvalue weighted by Gasteiger charge is 2.27. The summed E-state index contributed by atoms with van der Waals surface area (Å²) >= 11 is 5.97. The molecule has 1 aromatic heterocycles. The van der Waals surface area contributed by atoms with Crippen LogP contribution in [-0.2, 0) is 6.61 Å². The second-order valence-electron chi connectivity index (χ2n) is 6.39. The molecule has 31 heavy (non-hydrogen) atoms. The molecule has 3 rings (SSSR count). The molecule has 0 saturated heterocycles. The third-order valence-corrected chi connectivity index (χ3v) is 4.64. The van der Waals surface area contributed by atoms with Gasteiger partial charge in [0.25, 0.3) is 5.56 Å². The Bertz CT molecular complexity index is 1240. The number of hydrogen-bond donors (Lipinski definition) is 4. The molecule has 160 valence electrons. The fourth-order valence-corrected chi connectivity index (χ4v) is 3.28. The number of pyridine rings is 1. The van der Waals surface area contributed by atoms with Crippen molar-refractivity contribution < 1.29 is 29.3 Å². The lowest BCUT2D eigenvalue weighted by molar-refractivity contribution is 0.0695. The molecule has 0 atom stereocenters. The summed E-state index contributed by atoms with van der Waals surface area (Å²) in [4.78, 5) is 37.7. The predicted molar refractivity (Wildman–Crippen MR) is 113 cm³/mol. The maximum absolute atomic E-state index is 12.2. The van der Waals surface area contributed by atoms with Crippen molar-refractivity contribution in [2.24, 2.45) is 0 Å². The molecule has 0 radical (unpaired) electrons. The molecule has 0 aliphatic carbocycles. The number of nitrogen functional groups attached to an aromatic ring is 1. The quantitative estimate of drug-likeness (QED) is 0.433. The van der Waals surface area contributed by atoms with Crippen LogP contribution in [0.2, 0.25) is 5.02 Å². The van der Waals surface area contributed by atoms with Crippen LogP contribution in [0, 0.1) is 0 Å². The number of carboxylic acid groups (broad SMARTS) is 2. The molecule has 5 N–H and O–H groups in total. The van der Waals surface area contributed by atoms with Gasteiger partial charge in [0.1, 0.15) is 23.6 Å². The van der Waals surface area contributed by atoms with Crippen LogP contribution >= 0.6 is 11.6 Å². The van der Waals surface area contributed by atoms with Gasteiger partial charge in [-0.1, -0.05) is 29.8 Å². The summed E-state index contributed by atoms with van der Waals surface area (Å²) in [6, 6.07) is 11.3. The molecule has 1 heterocycles. The highest BCUT2D eigenvalue weighted by atomic mass is 35.5. The van der Waals surface area contributed by atoms with E-state index in [1.54, 1.807) is 18.2 Å². The first-order chi connectivity index (χ1) is 14.7. The highest BCUT2D eigenvalue weighted by molar-refractivity contribution is 6.30. The van der Waals surface area contributed by atoms with Crippen molar-refractivity contribution in [2.45, 2.75) is 6.61 Å². The monoisotopic (exact) mass is 444 g/mol. The van der Waals surface area contributed by atoms with Crippen LogP contribution in [0.15, 0.2) is 47.3 Å². The Balaban J connectivity index is 2.09. The third kappa shape index (κ3) is 4.46. The Kier molecular flexibility index (Phi) is 6.17. The molecule has 0 bridgehead atoms. The van der Waals surface area contributed by atoms with Crippen LogP contribution in [0.3, 0.4) is 0 Å². The van der Waals surface area contributed by atoms with Gasteiger partial charge in [-0.3, -0.25) is 4.79 Å². The van der Waals surface area contributed by atoms with Crippen molar-refractivity contribution in [2.75, 3.05) is 12.8 Å². The van der Waals surface area contributed by atoms with Gasteiger partial charge in [-0.2, -0.15) is 0 Å². The topological polar surface area (TPSA) is 152 Å². The molecule has 0 aliphatic rings. The standard InChI is InChI=1S/C21H17ClN2O7/c1-30-14-8-11(5-6-13(14)31-9-10-3-2-4-12(22)7-10)15-16(20(26)27)18(23)24-19(25)17(15)21(28)29/h2-8H,9H2,1H3,(H,26,27)(H,28,29)(H3,23,24,25). The van der Waals surface area contributed by atoms with Gasteiger partial charge in [-0.05, 0) is 35.4 Å². The Morgan fingerprint density at radius 3 is 2.39 bits per heavy atom. The van der Waals surface area contributed by atoms with Gasteiger partial charge in [-0.25, -0.2) is 9.59 Å². The maximum Gasteiger partial charge on any atom is 0.342 e. The van der Waals surface area contributed by atoms with Crippen LogP contribution in [-0.4, -0.2) is 34.2 Å². The van der Waals surface area contributed by atoms with E-state index in [9.17, 15) is 24.6 Å². The van der Waals surface area contributed by atoms with Crippen LogP contribution in [0.4, 0.5) is 5.82 Å². The summed E-state index contributed by atoms with van der Waals surface area (Å²) in [7, 11) is 1.37. The van der Waals surface area contributed by atoms with Crippen LogP contribution < -0.4 is 20.8 Å². The summed E-state index contributed by atoms with van der Waals surface area (Å²) in [5, 5.41) is 19.6. The zero-order valence-electron chi connectivity index (χ0n) is 16.1. The fourth-order valence-electron chi connectivity index (χ4n) is 3.07. The molecule has 2 aromatic carbocycles. The molecule has 0 amide bonds. The Morgan fingerprint density at radius 1 is 1.06 bits per heavy atom. The minimum absolute atomic E-state index is 0.111. The van der Waals surface area contributed by atoms with Gasteiger partial charge in [-0.15, -0.1) is 0 Å². The number of aromatic amines is 1. The lowest BCUT2D eigenvalue weighted by Gasteiger charge is -2.15. The smallest absolute Gasteiger partial charge is 0.342 e. The van der Waals surface area contributed by atoms with Crippen LogP contribution in [0.5, 0.6) is 11.5 Å². The number of benzene rings is 2. The molecule has 3 aromatic rings. The van der Waals surface area contributed by atoms with E-state index in [4.69, 9.17) is 26.8 Å². The van der Waals surface area contributed by atoms with Gasteiger partial charge in [0.15, 0.2) is 11.5 Å². The molecule has 0 aliphatic heterocycles. The van der Waals surface area contributed by atoms with Crippen molar-refractivity contribution in [1.29, 1.82) is 0 Å². The number of carbonyl (C=O) groups is 2. The van der Waals surface area contributed by atoms with Crippen molar-refractivity contribution in [3.05, 3.63) is 74.5 Å². The SMILES string of the molecule is COc1cc(-c2c(C(=O)O)c(N)[nH]c(=O)c2C(=O)O)ccc1OCc1cccc(Cl)c1. The predicted octanol–water partition coefficient (Wildman–Crippen LogP) is 3.26. The van der Waals surface area contributed by atoms with E-state index in [-0.39, 0.29) is 23.5 Å². The van der Waals surface area contributed by atoms with Crippen LogP contribution in [0.1, 0.15) is 26.3 Å². The zero-order valence-corrected chi connectivity index (χ0v) is 16.9. The van der Waals surface area contributed by atoms with Crippen molar-refractivity contribution in [3.8, 4) is 22.6 Å². The summed E-state index contributed by atoms with van der Waals surface area (Å²) in [5.41, 5.74) is 3.94. The van der Waals surface area contributed by atoms with Crippen LogP contribution in [0.25, 0.3) is 11.1 Å². The number of carboxylic acids is 2. The van der Waals surface area contributed by atoms with Gasteiger partial charge in [0, 0.05) is 10.6 Å². The number of ether oxygens (including phenoxy) is 2. The van der Waals surface area contributed by atoms with Crippen molar-refractivity contribution in [3.63, 3.8) is 0 Å². The number of anilines is 1. The van der Waals surface area contributed by atoms with Gasteiger partial charge in [0.05, 0.1) is 7.11 Å². The Labute approximate surface area is 180 Å². The highest BCUT2D eigenvalue weighted by Crippen LogP contribution is 2.36. The fraction of sp³-hybridized carbons (Fsp3) is 0.0952. The number of halogens is 1. The van der Waals surface area contributed by atoms with E-state index in [2.05, 4.69) is 4.98 Å². The zero-order chi connectivity index (χ0) is 22.7. The second-order valence-corrected chi connectivity index (χ2v) is 6.82. The molecule has 0 spiro atoms. The first-order valence-corrected chi connectivity index (χ1v) is 9.18. The number of H-pyrrole nitrogens is 1. The number of nitrogens with two attached hydrogens (primary N) is 1. The number of aromatic carboxylic acids is 2. The van der Waals surface area contributed by atoms with E-state index in [0.29, 0.717) is 10.8 Å². The molecular formula is C21H17ClN2O7. The number of nitrogens with one attached hydrogen (secondary N) is 1. The second kappa shape index (κ2) is 8.80. The summed E-state index contributed by atoms with van der Waals surface area (Å²) in [6.07, 6.45) is 0. The molecule has 0 saturated carbocycles. The maximum atomic E-state index is 12.2. The number of hydrogen-bond acceptors (Lipinski definition) is 6. The minimum Gasteiger partial charge on any atom is -0.493 e. The lowest BCUT2D eigenvalue weighted by Crippen LogP contribution is -2.24. The first kappa shape index (κ1) is 21.7. The summed E-state index contributed by atoms with van der Waals surface area (Å²) in [5.74, 6) is -3.04. The van der Waals surface area contributed by atoms with E-state index in [1.807, 2.05) is 6.07 Å². The third-order valence-electron chi connectivity index (χ3n) is 4.41. The first-order valence-electron chi connectivity index (χ1n) is 8.81. The average molecular weight is 445 g/mol. The summed E-state index contributed by atoms with van der Waals surface area (Å²) in [6.45, 7) is 0.176. The normalized spacial score (nSPS) is 10.5. The summed E-state index contributed by atoms with van der Waals surface area (Å²) < 4.78 is 11.1. The van der Waals surface area contributed by atoms with E-state index < -0.39 is 34.4 Å². The van der Waals surface area contributed by atoms with Crippen molar-refractivity contribution >= 4 is 29.4 Å². The van der Waals surface area contributed by atoms with E-state index >= 15 is 0 Å².